The van der Waals surface area contributed by atoms with Gasteiger partial charge in [0, 0.05) is 6.54 Å². The van der Waals surface area contributed by atoms with Crippen molar-refractivity contribution >= 4 is 9.84 Å². The molecule has 3 nitrogen and oxygen atoms in total. The molecule has 0 radical (unpaired) electrons. The second-order valence-corrected chi connectivity index (χ2v) is 6.88. The topological polar surface area (TPSA) is 46.2 Å². The molecule has 1 N–H and O–H groups in total. The molecule has 1 aliphatic rings. The third kappa shape index (κ3) is 2.34. The minimum absolute atomic E-state index is 0.0514. The predicted molar refractivity (Wildman–Crippen MR) is 74.7 cm³/mol. The van der Waals surface area contributed by atoms with Gasteiger partial charge in [0.15, 0.2) is 9.84 Å². The van der Waals surface area contributed by atoms with Crippen molar-refractivity contribution in [2.75, 3.05) is 12.3 Å². The molecule has 1 aliphatic heterocycles. The summed E-state index contributed by atoms with van der Waals surface area (Å²) in [5, 5.41) is 3.19. The SMILES string of the molecule is O=S1(=O)CCNC(c2cccc(F)c2)c2ccccc21. The maximum absolute atomic E-state index is 13.4. The second-order valence-electron chi connectivity index (χ2n) is 4.80. The van der Waals surface area contributed by atoms with Crippen LogP contribution in [0.2, 0.25) is 0 Å². The first-order valence-electron chi connectivity index (χ1n) is 6.38. The average molecular weight is 291 g/mol. The molecule has 0 amide bonds. The summed E-state index contributed by atoms with van der Waals surface area (Å²) >= 11 is 0. The van der Waals surface area contributed by atoms with Crippen LogP contribution in [0.5, 0.6) is 0 Å². The summed E-state index contributed by atoms with van der Waals surface area (Å²) in [5.74, 6) is -0.274. The zero-order valence-electron chi connectivity index (χ0n) is 10.7. The fraction of sp³-hybridized carbons (Fsp3) is 0.200. The minimum atomic E-state index is -3.29. The van der Waals surface area contributed by atoms with E-state index in [1.54, 1.807) is 36.4 Å². The Balaban J connectivity index is 2.18. The van der Waals surface area contributed by atoms with E-state index in [0.29, 0.717) is 17.0 Å². The van der Waals surface area contributed by atoms with Crippen LogP contribution in [0, 0.1) is 5.82 Å². The monoisotopic (exact) mass is 291 g/mol. The van der Waals surface area contributed by atoms with E-state index in [1.165, 1.54) is 12.1 Å². The zero-order valence-corrected chi connectivity index (χ0v) is 11.5. The Bertz CT molecular complexity index is 743. The normalized spacial score (nSPS) is 20.9. The summed E-state index contributed by atoms with van der Waals surface area (Å²) in [5.41, 5.74) is 1.41. The van der Waals surface area contributed by atoms with Crippen LogP contribution in [0.15, 0.2) is 53.4 Å². The molecule has 5 heteroatoms. The Hall–Kier alpha value is -1.72. The lowest BCUT2D eigenvalue weighted by molar-refractivity contribution is 0.592. The smallest absolute Gasteiger partial charge is 0.179 e. The van der Waals surface area contributed by atoms with Crippen molar-refractivity contribution in [3.05, 3.63) is 65.5 Å². The average Bonchev–Trinajstić information content (AvgIpc) is 2.56. The summed E-state index contributed by atoms with van der Waals surface area (Å²) in [6.45, 7) is 0.345. The maximum atomic E-state index is 13.4. The van der Waals surface area contributed by atoms with E-state index in [2.05, 4.69) is 5.32 Å². The van der Waals surface area contributed by atoms with Crippen molar-refractivity contribution in [2.45, 2.75) is 10.9 Å². The van der Waals surface area contributed by atoms with Crippen molar-refractivity contribution < 1.29 is 12.8 Å². The van der Waals surface area contributed by atoms with Gasteiger partial charge in [-0.1, -0.05) is 30.3 Å². The molecule has 0 spiro atoms. The summed E-state index contributed by atoms with van der Waals surface area (Å²) in [6.07, 6.45) is 0. The molecule has 0 fully saturated rings. The third-order valence-electron chi connectivity index (χ3n) is 3.47. The van der Waals surface area contributed by atoms with Gasteiger partial charge in [-0.2, -0.15) is 0 Å². The van der Waals surface area contributed by atoms with Crippen molar-refractivity contribution in [2.24, 2.45) is 0 Å². The van der Waals surface area contributed by atoms with E-state index in [1.807, 2.05) is 0 Å². The van der Waals surface area contributed by atoms with Crippen LogP contribution in [-0.4, -0.2) is 20.7 Å². The van der Waals surface area contributed by atoms with Crippen molar-refractivity contribution in [1.82, 2.24) is 5.32 Å². The van der Waals surface area contributed by atoms with E-state index >= 15 is 0 Å². The second kappa shape index (κ2) is 5.00. The van der Waals surface area contributed by atoms with E-state index in [-0.39, 0.29) is 17.6 Å². The van der Waals surface area contributed by atoms with Gasteiger partial charge < -0.3 is 5.32 Å². The largest absolute Gasteiger partial charge is 0.305 e. The molecule has 0 saturated carbocycles. The molecule has 0 bridgehead atoms. The lowest BCUT2D eigenvalue weighted by atomic mass is 9.98. The standard InChI is InChI=1S/C15H14FNO2S/c16-12-5-3-4-11(10-12)15-13-6-1-2-7-14(13)20(18,19)9-8-17-15/h1-7,10,15,17H,8-9H2. The molecule has 0 aromatic heterocycles. The molecule has 1 heterocycles. The Labute approximate surface area is 117 Å². The fourth-order valence-electron chi connectivity index (χ4n) is 2.54. The van der Waals surface area contributed by atoms with E-state index < -0.39 is 9.84 Å². The van der Waals surface area contributed by atoms with Crippen molar-refractivity contribution in [3.63, 3.8) is 0 Å². The van der Waals surface area contributed by atoms with Gasteiger partial charge in [-0.25, -0.2) is 12.8 Å². The van der Waals surface area contributed by atoms with Crippen LogP contribution >= 0.6 is 0 Å². The molecule has 1 unspecified atom stereocenters. The van der Waals surface area contributed by atoms with Gasteiger partial charge in [-0.3, -0.25) is 0 Å². The predicted octanol–water partition coefficient (Wildman–Crippen LogP) is 2.29. The van der Waals surface area contributed by atoms with Crippen LogP contribution in [0.4, 0.5) is 4.39 Å². The Morgan fingerprint density at radius 3 is 2.70 bits per heavy atom. The Kier molecular flexibility index (Phi) is 3.31. The maximum Gasteiger partial charge on any atom is 0.179 e. The van der Waals surface area contributed by atoms with Crippen LogP contribution in [-0.2, 0) is 9.84 Å². The van der Waals surface area contributed by atoms with Gasteiger partial charge in [0.2, 0.25) is 0 Å². The van der Waals surface area contributed by atoms with E-state index in [9.17, 15) is 12.8 Å². The van der Waals surface area contributed by atoms with Gasteiger partial charge in [0.25, 0.3) is 0 Å². The number of nitrogens with one attached hydrogen (secondary N) is 1. The van der Waals surface area contributed by atoms with Crippen LogP contribution in [0.3, 0.4) is 0 Å². The van der Waals surface area contributed by atoms with Gasteiger partial charge in [0.05, 0.1) is 16.7 Å². The molecular weight excluding hydrogens is 277 g/mol. The Morgan fingerprint density at radius 2 is 1.90 bits per heavy atom. The summed E-state index contributed by atoms with van der Waals surface area (Å²) in [7, 11) is -3.29. The van der Waals surface area contributed by atoms with E-state index in [0.717, 1.165) is 5.56 Å². The highest BCUT2D eigenvalue weighted by atomic mass is 32.2. The number of halogens is 1. The number of fused-ring (bicyclic) bond motifs is 1. The van der Waals surface area contributed by atoms with Gasteiger partial charge in [-0.05, 0) is 29.3 Å². The van der Waals surface area contributed by atoms with Gasteiger partial charge in [-0.15, -0.1) is 0 Å². The minimum Gasteiger partial charge on any atom is -0.305 e. The van der Waals surface area contributed by atoms with Crippen molar-refractivity contribution in [1.29, 1.82) is 0 Å². The first-order chi connectivity index (χ1) is 9.58. The quantitative estimate of drug-likeness (QED) is 0.877. The van der Waals surface area contributed by atoms with Crippen molar-refractivity contribution in [3.8, 4) is 0 Å². The highest BCUT2D eigenvalue weighted by molar-refractivity contribution is 7.91. The third-order valence-corrected chi connectivity index (χ3v) is 5.25. The summed E-state index contributed by atoms with van der Waals surface area (Å²) < 4.78 is 37.9. The molecule has 1 atom stereocenters. The van der Waals surface area contributed by atoms with Crippen LogP contribution in [0.25, 0.3) is 0 Å². The number of hydrogen-bond donors (Lipinski definition) is 1. The molecule has 20 heavy (non-hydrogen) atoms. The van der Waals surface area contributed by atoms with Crippen LogP contribution < -0.4 is 5.32 Å². The van der Waals surface area contributed by atoms with Crippen LogP contribution in [0.1, 0.15) is 17.2 Å². The van der Waals surface area contributed by atoms with Gasteiger partial charge >= 0.3 is 0 Å². The number of rotatable bonds is 1. The zero-order chi connectivity index (χ0) is 14.2. The molecule has 2 aromatic rings. The van der Waals surface area contributed by atoms with Gasteiger partial charge in [0.1, 0.15) is 5.82 Å². The first kappa shape index (κ1) is 13.3. The fourth-order valence-corrected chi connectivity index (χ4v) is 3.98. The molecule has 3 rings (SSSR count). The number of hydrogen-bond acceptors (Lipinski definition) is 3. The molecule has 0 saturated heterocycles. The first-order valence-corrected chi connectivity index (χ1v) is 8.04. The molecule has 2 aromatic carbocycles. The Morgan fingerprint density at radius 1 is 1.10 bits per heavy atom. The highest BCUT2D eigenvalue weighted by Gasteiger charge is 2.27. The number of benzene rings is 2. The lowest BCUT2D eigenvalue weighted by Crippen LogP contribution is -2.24. The molecule has 0 aliphatic carbocycles. The van der Waals surface area contributed by atoms with E-state index in [4.69, 9.17) is 0 Å². The highest BCUT2D eigenvalue weighted by Crippen LogP contribution is 2.30. The number of sulfone groups is 1. The summed E-state index contributed by atoms with van der Waals surface area (Å²) in [6, 6.07) is 12.8. The molecular formula is C15H14FNO2S. The lowest BCUT2D eigenvalue weighted by Gasteiger charge is -2.18. The summed E-state index contributed by atoms with van der Waals surface area (Å²) in [4.78, 5) is 0.333. The molecule has 104 valence electrons.